The predicted octanol–water partition coefficient (Wildman–Crippen LogP) is 3.77. The zero-order valence-corrected chi connectivity index (χ0v) is 17.1. The molecule has 0 aliphatic heterocycles. The molecule has 0 spiro atoms. The van der Waals surface area contributed by atoms with Crippen molar-refractivity contribution >= 4 is 40.8 Å². The molecule has 0 saturated heterocycles. The molecule has 28 heavy (non-hydrogen) atoms. The number of carbonyl (C=O) groups is 2. The first-order chi connectivity index (χ1) is 13.4. The number of nitrogens with one attached hydrogen (secondary N) is 2. The van der Waals surface area contributed by atoms with E-state index in [1.807, 2.05) is 12.1 Å². The highest BCUT2D eigenvalue weighted by atomic mass is 32.2. The molecule has 6 nitrogen and oxygen atoms in total. The van der Waals surface area contributed by atoms with Crippen LogP contribution in [0.3, 0.4) is 0 Å². The van der Waals surface area contributed by atoms with Crippen LogP contribution in [0.2, 0.25) is 0 Å². The molecule has 1 aromatic carbocycles. The summed E-state index contributed by atoms with van der Waals surface area (Å²) in [6, 6.07) is 9.22. The summed E-state index contributed by atoms with van der Waals surface area (Å²) in [5, 5.41) is 5.06. The van der Waals surface area contributed by atoms with Crippen molar-refractivity contribution in [2.24, 2.45) is 0 Å². The Labute approximate surface area is 168 Å². The van der Waals surface area contributed by atoms with Crippen molar-refractivity contribution < 1.29 is 14.0 Å². The summed E-state index contributed by atoms with van der Waals surface area (Å²) in [6.07, 6.45) is 1.63. The highest BCUT2D eigenvalue weighted by molar-refractivity contribution is 8.01. The lowest BCUT2D eigenvalue weighted by atomic mass is 10.3. The van der Waals surface area contributed by atoms with Crippen LogP contribution in [-0.4, -0.2) is 40.9 Å². The maximum Gasteiger partial charge on any atom is 0.237 e. The topological polar surface area (TPSA) is 74.3 Å². The fourth-order valence-corrected chi connectivity index (χ4v) is 3.13. The lowest BCUT2D eigenvalue weighted by Gasteiger charge is -2.19. The Hall–Kier alpha value is -2.61. The Kier molecular flexibility index (Phi) is 8.25. The molecule has 2 amide bonds. The molecule has 2 rings (SSSR count). The van der Waals surface area contributed by atoms with E-state index in [1.54, 1.807) is 13.1 Å². The number of hydrogen-bond donors (Lipinski definition) is 2. The van der Waals surface area contributed by atoms with E-state index in [1.165, 1.54) is 36.0 Å². The van der Waals surface area contributed by atoms with Crippen LogP contribution in [0.25, 0.3) is 0 Å². The van der Waals surface area contributed by atoms with E-state index < -0.39 is 5.25 Å². The summed E-state index contributed by atoms with van der Waals surface area (Å²) >= 11 is 1.22. The lowest BCUT2D eigenvalue weighted by Crippen LogP contribution is -2.25. The Balaban J connectivity index is 1.80. The van der Waals surface area contributed by atoms with E-state index in [0.29, 0.717) is 11.4 Å². The summed E-state index contributed by atoms with van der Waals surface area (Å²) in [7, 11) is 0. The molecule has 0 aliphatic carbocycles. The molecule has 0 bridgehead atoms. The molecule has 8 heteroatoms. The summed E-state index contributed by atoms with van der Waals surface area (Å²) in [5.74, 6) is 0.170. The maximum absolute atomic E-state index is 12.9. The second-order valence-electron chi connectivity index (χ2n) is 6.07. The number of anilines is 3. The normalized spacial score (nSPS) is 11.6. The molecule has 0 radical (unpaired) electrons. The molecule has 0 aliphatic rings. The van der Waals surface area contributed by atoms with Crippen LogP contribution in [0.15, 0.2) is 42.6 Å². The van der Waals surface area contributed by atoms with E-state index in [9.17, 15) is 14.0 Å². The quantitative estimate of drug-likeness (QED) is 0.666. The van der Waals surface area contributed by atoms with Crippen molar-refractivity contribution in [1.29, 1.82) is 0 Å². The van der Waals surface area contributed by atoms with E-state index in [2.05, 4.69) is 34.4 Å². The summed E-state index contributed by atoms with van der Waals surface area (Å²) in [5.41, 5.74) is 1.13. The third kappa shape index (κ3) is 6.53. The number of benzene rings is 1. The molecule has 0 saturated carbocycles. The lowest BCUT2D eigenvalue weighted by molar-refractivity contribution is -0.115. The zero-order valence-electron chi connectivity index (χ0n) is 16.2. The van der Waals surface area contributed by atoms with Crippen LogP contribution in [0.1, 0.15) is 20.8 Å². The number of aromatic nitrogens is 1. The van der Waals surface area contributed by atoms with Crippen LogP contribution in [-0.2, 0) is 9.59 Å². The van der Waals surface area contributed by atoms with Gasteiger partial charge in [0, 0.05) is 18.8 Å². The number of hydrogen-bond acceptors (Lipinski definition) is 5. The van der Waals surface area contributed by atoms with Crippen LogP contribution >= 0.6 is 11.8 Å². The van der Waals surface area contributed by atoms with Crippen LogP contribution in [0.5, 0.6) is 0 Å². The molecule has 1 heterocycles. The van der Waals surface area contributed by atoms with Gasteiger partial charge in [-0.25, -0.2) is 9.37 Å². The fourth-order valence-electron chi connectivity index (χ4n) is 2.45. The summed E-state index contributed by atoms with van der Waals surface area (Å²) < 4.78 is 12.9. The molecule has 1 aromatic heterocycles. The number of thioether (sulfide) groups is 1. The van der Waals surface area contributed by atoms with Crippen LogP contribution in [0.4, 0.5) is 21.6 Å². The highest BCUT2D eigenvalue weighted by Crippen LogP contribution is 2.17. The molecule has 1 unspecified atom stereocenters. The number of amides is 2. The number of halogens is 1. The smallest absolute Gasteiger partial charge is 0.237 e. The first kappa shape index (κ1) is 21.7. The molecular formula is C20H25FN4O2S. The van der Waals surface area contributed by atoms with E-state index in [-0.39, 0.29) is 23.4 Å². The van der Waals surface area contributed by atoms with Gasteiger partial charge in [-0.3, -0.25) is 9.59 Å². The number of carbonyl (C=O) groups excluding carboxylic acids is 2. The zero-order chi connectivity index (χ0) is 20.5. The van der Waals surface area contributed by atoms with Crippen molar-refractivity contribution in [1.82, 2.24) is 4.98 Å². The summed E-state index contributed by atoms with van der Waals surface area (Å²) in [6.45, 7) is 7.59. The van der Waals surface area contributed by atoms with Crippen LogP contribution in [0, 0.1) is 5.82 Å². The van der Waals surface area contributed by atoms with Gasteiger partial charge in [0.1, 0.15) is 11.6 Å². The SMILES string of the molecule is CCN(CC)c1ccc(NC(=O)C(C)SCC(=O)Nc2ccc(F)cc2)cn1. The van der Waals surface area contributed by atoms with Gasteiger partial charge >= 0.3 is 0 Å². The first-order valence-electron chi connectivity index (χ1n) is 9.11. The second kappa shape index (κ2) is 10.7. The highest BCUT2D eigenvalue weighted by Gasteiger charge is 2.16. The van der Waals surface area contributed by atoms with Gasteiger partial charge in [0.25, 0.3) is 0 Å². The van der Waals surface area contributed by atoms with Gasteiger partial charge in [-0.1, -0.05) is 0 Å². The van der Waals surface area contributed by atoms with Gasteiger partial charge in [0.05, 0.1) is 22.9 Å². The Morgan fingerprint density at radius 3 is 2.29 bits per heavy atom. The monoisotopic (exact) mass is 404 g/mol. The van der Waals surface area contributed by atoms with Crippen LogP contribution < -0.4 is 15.5 Å². The standard InChI is InChI=1S/C20H25FN4O2S/c1-4-25(5-2)18-11-10-17(12-22-18)24-20(27)14(3)28-13-19(26)23-16-8-6-15(21)7-9-16/h6-12,14H,4-5,13H2,1-3H3,(H,23,26)(H,24,27). The number of nitrogens with zero attached hydrogens (tertiary/aromatic N) is 2. The maximum atomic E-state index is 12.9. The van der Waals surface area contributed by atoms with Gasteiger partial charge < -0.3 is 15.5 Å². The van der Waals surface area contributed by atoms with Crippen molar-refractivity contribution in [2.75, 3.05) is 34.4 Å². The molecule has 0 fully saturated rings. The molecule has 1 atom stereocenters. The molecule has 150 valence electrons. The average molecular weight is 405 g/mol. The predicted molar refractivity (Wildman–Crippen MR) is 113 cm³/mol. The number of pyridine rings is 1. The van der Waals surface area contributed by atoms with Crippen molar-refractivity contribution in [3.63, 3.8) is 0 Å². The van der Waals surface area contributed by atoms with Crippen molar-refractivity contribution in [3.05, 3.63) is 48.4 Å². The second-order valence-corrected chi connectivity index (χ2v) is 7.40. The van der Waals surface area contributed by atoms with Gasteiger partial charge in [-0.15, -0.1) is 11.8 Å². The average Bonchev–Trinajstić information content (AvgIpc) is 2.70. The third-order valence-corrected chi connectivity index (χ3v) is 5.21. The fraction of sp³-hybridized carbons (Fsp3) is 0.350. The van der Waals surface area contributed by atoms with Crippen molar-refractivity contribution in [3.8, 4) is 0 Å². The van der Waals surface area contributed by atoms with Gasteiger partial charge in [-0.2, -0.15) is 0 Å². The van der Waals surface area contributed by atoms with E-state index >= 15 is 0 Å². The first-order valence-corrected chi connectivity index (χ1v) is 10.2. The van der Waals surface area contributed by atoms with Gasteiger partial charge in [0.2, 0.25) is 11.8 Å². The Bertz CT molecular complexity index is 780. The minimum Gasteiger partial charge on any atom is -0.357 e. The minimum atomic E-state index is -0.415. The van der Waals surface area contributed by atoms with Gasteiger partial charge in [-0.05, 0) is 57.2 Å². The molecule has 2 N–H and O–H groups in total. The largest absolute Gasteiger partial charge is 0.357 e. The van der Waals surface area contributed by atoms with E-state index in [4.69, 9.17) is 0 Å². The Morgan fingerprint density at radius 1 is 1.07 bits per heavy atom. The summed E-state index contributed by atoms with van der Waals surface area (Å²) in [4.78, 5) is 30.8. The number of rotatable bonds is 9. The molecule has 2 aromatic rings. The van der Waals surface area contributed by atoms with Gasteiger partial charge in [0.15, 0.2) is 0 Å². The van der Waals surface area contributed by atoms with Crippen molar-refractivity contribution in [2.45, 2.75) is 26.0 Å². The third-order valence-electron chi connectivity index (χ3n) is 4.06. The van der Waals surface area contributed by atoms with E-state index in [0.717, 1.165) is 18.9 Å². The minimum absolute atomic E-state index is 0.116. The Morgan fingerprint density at radius 2 is 1.71 bits per heavy atom. The molecular weight excluding hydrogens is 379 g/mol.